The van der Waals surface area contributed by atoms with E-state index in [9.17, 15) is 14.7 Å². The molecular formula is C20H20O7. The number of methoxy groups -OCH3 is 2. The molecular weight excluding hydrogens is 352 g/mol. The predicted molar refractivity (Wildman–Crippen MR) is 95.5 cm³/mol. The van der Waals surface area contributed by atoms with E-state index in [0.717, 1.165) is 5.57 Å². The summed E-state index contributed by atoms with van der Waals surface area (Å²) in [6.45, 7) is 1.80. The largest absolute Gasteiger partial charge is 0.497 e. The fourth-order valence-corrected chi connectivity index (χ4v) is 3.34. The number of hydrogen-bond donors (Lipinski definition) is 2. The van der Waals surface area contributed by atoms with E-state index in [4.69, 9.17) is 19.3 Å². The summed E-state index contributed by atoms with van der Waals surface area (Å²) in [6.07, 6.45) is 3.72. The SMILES string of the molecule is COc1ccc(C2C(=O)OC3=CC(O)(CC(=O)O)C=CC3=C2C)c(OC)c1. The molecule has 7 nitrogen and oxygen atoms in total. The molecule has 0 aromatic heterocycles. The van der Waals surface area contributed by atoms with E-state index in [2.05, 4.69) is 0 Å². The third-order valence-corrected chi connectivity index (χ3v) is 4.68. The minimum atomic E-state index is -1.70. The molecule has 1 aliphatic carbocycles. The van der Waals surface area contributed by atoms with Gasteiger partial charge in [0.05, 0.1) is 20.6 Å². The van der Waals surface area contributed by atoms with Crippen LogP contribution in [-0.2, 0) is 14.3 Å². The molecule has 2 N–H and O–H groups in total. The lowest BCUT2D eigenvalue weighted by molar-refractivity contribution is -0.140. The third-order valence-electron chi connectivity index (χ3n) is 4.68. The standard InChI is InChI=1S/C20H20O7/c1-11-13-6-7-20(24,10-17(21)22)9-16(13)27-19(23)18(11)14-5-4-12(25-2)8-15(14)26-3/h4-9,18,24H,10H2,1-3H3,(H,21,22). The van der Waals surface area contributed by atoms with E-state index < -0.39 is 29.9 Å². The molecule has 7 heteroatoms. The van der Waals surface area contributed by atoms with Gasteiger partial charge in [-0.25, -0.2) is 0 Å². The van der Waals surface area contributed by atoms with Gasteiger partial charge in [-0.15, -0.1) is 0 Å². The first-order valence-corrected chi connectivity index (χ1v) is 8.29. The van der Waals surface area contributed by atoms with Crippen molar-refractivity contribution in [3.05, 3.63) is 58.9 Å². The van der Waals surface area contributed by atoms with Crippen LogP contribution in [0.5, 0.6) is 11.5 Å². The monoisotopic (exact) mass is 372 g/mol. The molecule has 1 aliphatic heterocycles. The van der Waals surface area contributed by atoms with Crippen molar-refractivity contribution in [2.24, 2.45) is 0 Å². The molecule has 2 atom stereocenters. The van der Waals surface area contributed by atoms with Crippen molar-refractivity contribution in [1.29, 1.82) is 0 Å². The number of fused-ring (bicyclic) bond motifs is 1. The molecule has 2 aliphatic rings. The van der Waals surface area contributed by atoms with Crippen LogP contribution in [0, 0.1) is 0 Å². The Hall–Kier alpha value is -3.06. The fraction of sp³-hybridized carbons (Fsp3) is 0.300. The second-order valence-electron chi connectivity index (χ2n) is 6.46. The number of carbonyl (C=O) groups is 2. The number of hydrogen-bond acceptors (Lipinski definition) is 6. The topological polar surface area (TPSA) is 102 Å². The van der Waals surface area contributed by atoms with Crippen LogP contribution in [0.1, 0.15) is 24.8 Å². The van der Waals surface area contributed by atoms with Gasteiger partial charge in [-0.2, -0.15) is 0 Å². The van der Waals surface area contributed by atoms with Gasteiger partial charge in [-0.05, 0) is 30.7 Å². The average Bonchev–Trinajstić information content (AvgIpc) is 2.60. The van der Waals surface area contributed by atoms with Crippen molar-refractivity contribution >= 4 is 11.9 Å². The van der Waals surface area contributed by atoms with Gasteiger partial charge < -0.3 is 24.4 Å². The maximum Gasteiger partial charge on any atom is 0.323 e. The summed E-state index contributed by atoms with van der Waals surface area (Å²) in [7, 11) is 3.05. The Kier molecular flexibility index (Phi) is 4.80. The second kappa shape index (κ2) is 6.92. The van der Waals surface area contributed by atoms with Crippen molar-refractivity contribution in [2.45, 2.75) is 24.9 Å². The van der Waals surface area contributed by atoms with E-state index in [1.54, 1.807) is 38.3 Å². The minimum absolute atomic E-state index is 0.160. The smallest absolute Gasteiger partial charge is 0.323 e. The summed E-state index contributed by atoms with van der Waals surface area (Å²) in [6, 6.07) is 5.17. The molecule has 0 bridgehead atoms. The van der Waals surface area contributed by atoms with E-state index >= 15 is 0 Å². The van der Waals surface area contributed by atoms with Gasteiger partial charge in [0.25, 0.3) is 0 Å². The van der Waals surface area contributed by atoms with Crippen molar-refractivity contribution in [1.82, 2.24) is 0 Å². The highest BCUT2D eigenvalue weighted by atomic mass is 16.5. The number of carboxylic acids is 1. The summed E-state index contributed by atoms with van der Waals surface area (Å²) in [5, 5.41) is 19.3. The number of benzene rings is 1. The number of ether oxygens (including phenoxy) is 3. The third kappa shape index (κ3) is 3.46. The first kappa shape index (κ1) is 18.7. The Bertz CT molecular complexity index is 894. The van der Waals surface area contributed by atoms with Gasteiger partial charge in [0.15, 0.2) is 0 Å². The van der Waals surface area contributed by atoms with Gasteiger partial charge in [0, 0.05) is 17.2 Å². The number of carbonyl (C=O) groups excluding carboxylic acids is 1. The molecule has 0 spiro atoms. The Labute approximate surface area is 156 Å². The zero-order chi connectivity index (χ0) is 19.8. The van der Waals surface area contributed by atoms with Gasteiger partial charge in [-0.1, -0.05) is 12.1 Å². The van der Waals surface area contributed by atoms with Crippen LogP contribution in [0.15, 0.2) is 53.3 Å². The summed E-state index contributed by atoms with van der Waals surface area (Å²) in [4.78, 5) is 23.7. The first-order valence-electron chi connectivity index (χ1n) is 8.29. The molecule has 27 heavy (non-hydrogen) atoms. The zero-order valence-corrected chi connectivity index (χ0v) is 15.2. The number of esters is 1. The minimum Gasteiger partial charge on any atom is -0.497 e. The van der Waals surface area contributed by atoms with Crippen LogP contribution < -0.4 is 9.47 Å². The number of allylic oxidation sites excluding steroid dienone is 1. The molecule has 0 saturated heterocycles. The number of aliphatic hydroxyl groups is 1. The normalized spacial score (nSPS) is 24.1. The lowest BCUT2D eigenvalue weighted by Gasteiger charge is -2.32. The van der Waals surface area contributed by atoms with E-state index in [-0.39, 0.29) is 5.76 Å². The Balaban J connectivity index is 2.05. The first-order chi connectivity index (χ1) is 12.8. The molecule has 0 saturated carbocycles. The highest BCUT2D eigenvalue weighted by molar-refractivity contribution is 5.87. The summed E-state index contributed by atoms with van der Waals surface area (Å²) in [5.74, 6) is -1.13. The summed E-state index contributed by atoms with van der Waals surface area (Å²) in [5.41, 5.74) is 0.282. The molecule has 2 unspecified atom stereocenters. The van der Waals surface area contributed by atoms with E-state index in [0.29, 0.717) is 22.6 Å². The van der Waals surface area contributed by atoms with Crippen LogP contribution in [0.3, 0.4) is 0 Å². The highest BCUT2D eigenvalue weighted by Crippen LogP contribution is 2.43. The Morgan fingerprint density at radius 3 is 2.67 bits per heavy atom. The molecule has 0 radical (unpaired) electrons. The van der Waals surface area contributed by atoms with Crippen molar-refractivity contribution < 1.29 is 34.0 Å². The van der Waals surface area contributed by atoms with Gasteiger partial charge in [0.2, 0.25) is 0 Å². The van der Waals surface area contributed by atoms with Crippen molar-refractivity contribution in [3.63, 3.8) is 0 Å². The van der Waals surface area contributed by atoms with E-state index in [1.165, 1.54) is 19.3 Å². The number of rotatable bonds is 5. The number of carboxylic acid groups (broad SMARTS) is 1. The predicted octanol–water partition coefficient (Wildman–Crippen LogP) is 2.32. The van der Waals surface area contributed by atoms with E-state index in [1.807, 2.05) is 0 Å². The maximum absolute atomic E-state index is 12.7. The van der Waals surface area contributed by atoms with Crippen LogP contribution in [0.2, 0.25) is 0 Å². The summed E-state index contributed by atoms with van der Waals surface area (Å²) >= 11 is 0. The maximum atomic E-state index is 12.7. The Morgan fingerprint density at radius 2 is 2.04 bits per heavy atom. The zero-order valence-electron chi connectivity index (χ0n) is 15.2. The molecule has 3 rings (SSSR count). The second-order valence-corrected chi connectivity index (χ2v) is 6.46. The van der Waals surface area contributed by atoms with Gasteiger partial charge >= 0.3 is 11.9 Å². The molecule has 1 heterocycles. The van der Waals surface area contributed by atoms with Crippen LogP contribution in [0.4, 0.5) is 0 Å². The molecule has 142 valence electrons. The highest BCUT2D eigenvalue weighted by Gasteiger charge is 2.38. The Morgan fingerprint density at radius 1 is 1.30 bits per heavy atom. The van der Waals surface area contributed by atoms with Crippen LogP contribution in [0.25, 0.3) is 0 Å². The number of aliphatic carboxylic acids is 1. The van der Waals surface area contributed by atoms with Crippen molar-refractivity contribution in [3.8, 4) is 11.5 Å². The van der Waals surface area contributed by atoms with Crippen molar-refractivity contribution in [2.75, 3.05) is 14.2 Å². The molecule has 0 amide bonds. The van der Waals surface area contributed by atoms with Gasteiger partial charge in [0.1, 0.15) is 28.8 Å². The summed E-state index contributed by atoms with van der Waals surface area (Å²) < 4.78 is 16.0. The van der Waals surface area contributed by atoms with Gasteiger partial charge in [-0.3, -0.25) is 9.59 Å². The quantitative estimate of drug-likeness (QED) is 0.765. The van der Waals surface area contributed by atoms with Crippen LogP contribution in [-0.4, -0.2) is 42.0 Å². The molecule has 0 fully saturated rings. The molecule has 1 aromatic carbocycles. The average molecular weight is 372 g/mol. The van der Waals surface area contributed by atoms with Crippen LogP contribution >= 0.6 is 0 Å². The fourth-order valence-electron chi connectivity index (χ4n) is 3.34. The lowest BCUT2D eigenvalue weighted by atomic mass is 9.82. The lowest BCUT2D eigenvalue weighted by Crippen LogP contribution is -2.32. The molecule has 1 aromatic rings.